The lowest BCUT2D eigenvalue weighted by atomic mass is 10.1. The molecule has 1 aliphatic rings. The monoisotopic (exact) mass is 311 g/mol. The Morgan fingerprint density at radius 2 is 2.14 bits per heavy atom. The highest BCUT2D eigenvalue weighted by atomic mass is 32.1. The zero-order valence-corrected chi connectivity index (χ0v) is 12.4. The van der Waals surface area contributed by atoms with E-state index in [2.05, 4.69) is 15.3 Å². The third-order valence-electron chi connectivity index (χ3n) is 3.73. The minimum atomic E-state index is -0.306. The van der Waals surface area contributed by atoms with Gasteiger partial charge >= 0.3 is 0 Å². The highest BCUT2D eigenvalue weighted by Crippen LogP contribution is 2.40. The largest absolute Gasteiger partial charge is 0.322 e. The molecule has 22 heavy (non-hydrogen) atoms. The molecule has 1 saturated carbocycles. The maximum absolute atomic E-state index is 12.5. The summed E-state index contributed by atoms with van der Waals surface area (Å²) < 4.78 is 0. The van der Waals surface area contributed by atoms with E-state index in [1.165, 1.54) is 30.2 Å². The van der Waals surface area contributed by atoms with E-state index < -0.39 is 0 Å². The smallest absolute Gasteiger partial charge is 0.258 e. The van der Waals surface area contributed by atoms with Gasteiger partial charge in [0.05, 0.1) is 11.3 Å². The fourth-order valence-corrected chi connectivity index (χ4v) is 3.25. The number of rotatable bonds is 3. The van der Waals surface area contributed by atoms with Gasteiger partial charge in [-0.25, -0.2) is 4.98 Å². The number of fused-ring (bicyclic) bond motifs is 1. The first-order valence-corrected chi connectivity index (χ1v) is 7.97. The second kappa shape index (κ2) is 5.06. The zero-order valence-electron chi connectivity index (χ0n) is 11.6. The highest BCUT2D eigenvalue weighted by Gasteiger charge is 2.26. The molecular weight excluding hydrogens is 298 g/mol. The number of pyridine rings is 1. The minimum Gasteiger partial charge on any atom is -0.322 e. The number of nitrogens with one attached hydrogen (secondary N) is 2. The van der Waals surface area contributed by atoms with Gasteiger partial charge in [0.2, 0.25) is 5.56 Å². The highest BCUT2D eigenvalue weighted by molar-refractivity contribution is 7.14. The van der Waals surface area contributed by atoms with Gasteiger partial charge < -0.3 is 4.98 Å². The predicted octanol–water partition coefficient (Wildman–Crippen LogP) is 3.11. The first-order valence-electron chi connectivity index (χ1n) is 7.09. The second-order valence-corrected chi connectivity index (χ2v) is 6.26. The van der Waals surface area contributed by atoms with E-state index in [-0.39, 0.29) is 11.5 Å². The van der Waals surface area contributed by atoms with Gasteiger partial charge in [-0.05, 0) is 18.9 Å². The minimum absolute atomic E-state index is 0.290. The number of amides is 1. The average molecular weight is 311 g/mol. The summed E-state index contributed by atoms with van der Waals surface area (Å²) in [4.78, 5) is 31.4. The number of para-hydroxylation sites is 1. The first kappa shape index (κ1) is 13.2. The van der Waals surface area contributed by atoms with Crippen molar-refractivity contribution in [3.05, 3.63) is 57.3 Å². The van der Waals surface area contributed by atoms with Crippen LogP contribution in [0.5, 0.6) is 0 Å². The Balaban J connectivity index is 1.68. The van der Waals surface area contributed by atoms with Crippen LogP contribution in [0.4, 0.5) is 5.13 Å². The molecule has 110 valence electrons. The standard InChI is InChI=1S/C16H13N3O2S/c20-14-7-11(10-3-1-2-4-12(10)17-14)15(21)19-16-18-13(8-22-16)9-5-6-9/h1-4,7-9H,5-6H2,(H,17,20)(H,18,19,21). The molecule has 2 N–H and O–H groups in total. The van der Waals surface area contributed by atoms with E-state index in [1.807, 2.05) is 23.6 Å². The molecule has 1 aliphatic carbocycles. The lowest BCUT2D eigenvalue weighted by molar-refractivity contribution is 0.102. The molecule has 1 fully saturated rings. The fraction of sp³-hybridized carbons (Fsp3) is 0.188. The van der Waals surface area contributed by atoms with Crippen molar-refractivity contribution in [2.45, 2.75) is 18.8 Å². The van der Waals surface area contributed by atoms with E-state index in [0.29, 0.717) is 22.1 Å². The van der Waals surface area contributed by atoms with Crippen molar-refractivity contribution in [1.29, 1.82) is 0 Å². The Labute approximate surface area is 130 Å². The summed E-state index contributed by atoms with van der Waals surface area (Å²) >= 11 is 1.42. The van der Waals surface area contributed by atoms with Crippen LogP contribution in [0.1, 0.15) is 34.8 Å². The van der Waals surface area contributed by atoms with Crippen LogP contribution in [0.25, 0.3) is 10.9 Å². The summed E-state index contributed by atoms with van der Waals surface area (Å²) in [6, 6.07) is 8.58. The normalized spacial score (nSPS) is 14.2. The predicted molar refractivity (Wildman–Crippen MR) is 86.6 cm³/mol. The van der Waals surface area contributed by atoms with Gasteiger partial charge in [-0.15, -0.1) is 11.3 Å². The molecule has 0 spiro atoms. The van der Waals surface area contributed by atoms with Gasteiger partial charge in [-0.2, -0.15) is 0 Å². The molecule has 0 aliphatic heterocycles. The van der Waals surface area contributed by atoms with Crippen LogP contribution in [0, 0.1) is 0 Å². The summed E-state index contributed by atoms with van der Waals surface area (Å²) in [6.07, 6.45) is 2.35. The molecule has 1 aromatic carbocycles. The molecule has 0 radical (unpaired) electrons. The van der Waals surface area contributed by atoms with Crippen LogP contribution in [0.15, 0.2) is 40.5 Å². The molecule has 0 saturated heterocycles. The SMILES string of the molecule is O=C(Nc1nc(C2CC2)cs1)c1cc(=O)[nH]c2ccccc12. The molecule has 5 nitrogen and oxygen atoms in total. The van der Waals surface area contributed by atoms with Gasteiger partial charge in [0, 0.05) is 28.3 Å². The van der Waals surface area contributed by atoms with Crippen LogP contribution >= 0.6 is 11.3 Å². The van der Waals surface area contributed by atoms with Crippen molar-refractivity contribution in [2.24, 2.45) is 0 Å². The molecule has 4 rings (SSSR count). The van der Waals surface area contributed by atoms with Crippen molar-refractivity contribution in [1.82, 2.24) is 9.97 Å². The number of hydrogen-bond donors (Lipinski definition) is 2. The number of hydrogen-bond acceptors (Lipinski definition) is 4. The zero-order chi connectivity index (χ0) is 15.1. The summed E-state index contributed by atoms with van der Waals surface area (Å²) in [6.45, 7) is 0. The molecule has 2 aromatic heterocycles. The molecule has 6 heteroatoms. The van der Waals surface area contributed by atoms with Crippen molar-refractivity contribution in [3.8, 4) is 0 Å². The quantitative estimate of drug-likeness (QED) is 0.780. The van der Waals surface area contributed by atoms with Crippen molar-refractivity contribution in [3.63, 3.8) is 0 Å². The van der Waals surface area contributed by atoms with E-state index in [0.717, 1.165) is 11.1 Å². The van der Waals surface area contributed by atoms with Gasteiger partial charge in [0.1, 0.15) is 0 Å². The van der Waals surface area contributed by atoms with Crippen LogP contribution in [0.2, 0.25) is 0 Å². The number of nitrogens with zero attached hydrogens (tertiary/aromatic N) is 1. The number of thiazole rings is 1. The van der Waals surface area contributed by atoms with Crippen LogP contribution in [-0.4, -0.2) is 15.9 Å². The fourth-order valence-electron chi connectivity index (χ4n) is 2.47. The van der Waals surface area contributed by atoms with Crippen LogP contribution < -0.4 is 10.9 Å². The number of aromatic amines is 1. The lowest BCUT2D eigenvalue weighted by Crippen LogP contribution is -2.16. The Bertz CT molecular complexity index is 924. The Morgan fingerprint density at radius 1 is 1.32 bits per heavy atom. The van der Waals surface area contributed by atoms with Crippen LogP contribution in [0.3, 0.4) is 0 Å². The Hall–Kier alpha value is -2.47. The Morgan fingerprint density at radius 3 is 2.95 bits per heavy atom. The number of carbonyl (C=O) groups excluding carboxylic acids is 1. The van der Waals surface area contributed by atoms with E-state index in [4.69, 9.17) is 0 Å². The molecule has 3 aromatic rings. The first-order chi connectivity index (χ1) is 10.7. The van der Waals surface area contributed by atoms with E-state index in [1.54, 1.807) is 6.07 Å². The molecule has 0 atom stereocenters. The number of aromatic nitrogens is 2. The summed E-state index contributed by atoms with van der Waals surface area (Å²) in [5, 5.41) is 6.09. The van der Waals surface area contributed by atoms with Gasteiger partial charge in [0.25, 0.3) is 5.91 Å². The third-order valence-corrected chi connectivity index (χ3v) is 4.51. The van der Waals surface area contributed by atoms with Gasteiger partial charge in [0.15, 0.2) is 5.13 Å². The van der Waals surface area contributed by atoms with Gasteiger partial charge in [-0.3, -0.25) is 14.9 Å². The third kappa shape index (κ3) is 2.42. The topological polar surface area (TPSA) is 74.8 Å². The van der Waals surface area contributed by atoms with Crippen molar-refractivity contribution >= 4 is 33.3 Å². The van der Waals surface area contributed by atoms with Crippen molar-refractivity contribution in [2.75, 3.05) is 5.32 Å². The number of carbonyl (C=O) groups is 1. The van der Waals surface area contributed by atoms with E-state index in [9.17, 15) is 9.59 Å². The maximum Gasteiger partial charge on any atom is 0.258 e. The summed E-state index contributed by atoms with van der Waals surface area (Å²) in [5.74, 6) is 0.251. The lowest BCUT2D eigenvalue weighted by Gasteiger charge is -2.05. The van der Waals surface area contributed by atoms with E-state index >= 15 is 0 Å². The number of benzene rings is 1. The van der Waals surface area contributed by atoms with Crippen LogP contribution in [-0.2, 0) is 0 Å². The molecule has 1 amide bonds. The molecule has 2 heterocycles. The van der Waals surface area contributed by atoms with Gasteiger partial charge in [-0.1, -0.05) is 18.2 Å². The molecular formula is C16H13N3O2S. The maximum atomic E-state index is 12.5. The summed E-state index contributed by atoms with van der Waals surface area (Å²) in [7, 11) is 0. The van der Waals surface area contributed by atoms with Crippen molar-refractivity contribution < 1.29 is 4.79 Å². The Kier molecular flexibility index (Phi) is 3.04. The number of anilines is 1. The summed E-state index contributed by atoms with van der Waals surface area (Å²) in [5.41, 5.74) is 1.78. The molecule has 0 bridgehead atoms. The average Bonchev–Trinajstić information content (AvgIpc) is 3.26. The molecule has 0 unspecified atom stereocenters. The second-order valence-electron chi connectivity index (χ2n) is 5.40. The number of H-pyrrole nitrogens is 1.